The molecular formula is C17H25N5O. The van der Waals surface area contributed by atoms with Crippen LogP contribution in [0.3, 0.4) is 0 Å². The second-order valence-electron chi connectivity index (χ2n) is 6.00. The van der Waals surface area contributed by atoms with Crippen LogP contribution in [-0.4, -0.2) is 56.9 Å². The molecule has 1 aliphatic rings. The van der Waals surface area contributed by atoms with E-state index in [0.29, 0.717) is 6.42 Å². The maximum Gasteiger partial charge on any atom is 0.224 e. The van der Waals surface area contributed by atoms with Gasteiger partial charge in [-0.3, -0.25) is 4.79 Å². The molecule has 1 aromatic heterocycles. The molecule has 2 heterocycles. The lowest BCUT2D eigenvalue weighted by Crippen LogP contribution is -2.37. The Kier molecular flexibility index (Phi) is 4.91. The molecule has 1 fully saturated rings. The van der Waals surface area contributed by atoms with Gasteiger partial charge >= 0.3 is 0 Å². The molecule has 0 bridgehead atoms. The van der Waals surface area contributed by atoms with E-state index >= 15 is 0 Å². The molecule has 23 heavy (non-hydrogen) atoms. The molecule has 1 saturated heterocycles. The second-order valence-corrected chi connectivity index (χ2v) is 6.00. The van der Waals surface area contributed by atoms with Crippen LogP contribution in [0.4, 0.5) is 0 Å². The predicted octanol–water partition coefficient (Wildman–Crippen LogP) is 2.28. The molecular weight excluding hydrogens is 290 g/mol. The Morgan fingerprint density at radius 1 is 1.17 bits per heavy atom. The van der Waals surface area contributed by atoms with Gasteiger partial charge in [-0.1, -0.05) is 26.0 Å². The minimum absolute atomic E-state index is 0.0852. The minimum Gasteiger partial charge on any atom is -0.319 e. The van der Waals surface area contributed by atoms with Gasteiger partial charge in [-0.2, -0.15) is 15.0 Å². The normalized spacial score (nSPS) is 16.7. The number of rotatable bonds is 7. The van der Waals surface area contributed by atoms with E-state index in [0.717, 1.165) is 50.1 Å². The summed E-state index contributed by atoms with van der Waals surface area (Å²) in [5, 5.41) is 9.23. The number of hydrogen-bond acceptors (Lipinski definition) is 4. The van der Waals surface area contributed by atoms with E-state index in [4.69, 9.17) is 0 Å². The molecule has 1 amide bonds. The molecule has 0 aliphatic carbocycles. The van der Waals surface area contributed by atoms with E-state index in [1.165, 1.54) is 0 Å². The summed E-state index contributed by atoms with van der Waals surface area (Å²) in [5.74, 6) is 0.218. The summed E-state index contributed by atoms with van der Waals surface area (Å²) in [6.07, 6.45) is 2.34. The van der Waals surface area contributed by atoms with Crippen molar-refractivity contribution >= 4 is 16.9 Å². The van der Waals surface area contributed by atoms with E-state index in [2.05, 4.69) is 28.9 Å². The molecule has 6 heteroatoms. The zero-order valence-electron chi connectivity index (χ0n) is 14.0. The van der Waals surface area contributed by atoms with Gasteiger partial charge in [-0.25, -0.2) is 0 Å². The Hall–Kier alpha value is -1.95. The van der Waals surface area contributed by atoms with E-state index < -0.39 is 0 Å². The fourth-order valence-electron chi connectivity index (χ4n) is 3.23. The van der Waals surface area contributed by atoms with Crippen molar-refractivity contribution in [3.8, 4) is 0 Å². The third kappa shape index (κ3) is 3.37. The lowest BCUT2D eigenvalue weighted by Gasteiger charge is -2.29. The molecule has 6 nitrogen and oxygen atoms in total. The van der Waals surface area contributed by atoms with Gasteiger partial charge < -0.3 is 9.80 Å². The highest BCUT2D eigenvalue weighted by molar-refractivity contribution is 5.78. The first-order chi connectivity index (χ1) is 11.2. The van der Waals surface area contributed by atoms with Crippen LogP contribution in [0.1, 0.15) is 39.3 Å². The molecule has 0 radical (unpaired) electrons. The molecule has 1 unspecified atom stereocenters. The number of fused-ring (bicyclic) bond motifs is 1. The average molecular weight is 315 g/mol. The molecule has 1 atom stereocenters. The third-order valence-corrected chi connectivity index (χ3v) is 4.64. The van der Waals surface area contributed by atoms with Gasteiger partial charge in [0, 0.05) is 25.9 Å². The molecule has 3 rings (SSSR count). The monoisotopic (exact) mass is 315 g/mol. The molecule has 0 saturated carbocycles. The zero-order valence-corrected chi connectivity index (χ0v) is 14.0. The van der Waals surface area contributed by atoms with Gasteiger partial charge in [0.15, 0.2) is 0 Å². The van der Waals surface area contributed by atoms with E-state index in [1.54, 1.807) is 4.80 Å². The van der Waals surface area contributed by atoms with E-state index in [-0.39, 0.29) is 12.1 Å². The number of carbonyl (C=O) groups excluding carboxylic acids is 1. The average Bonchev–Trinajstić information content (AvgIpc) is 3.18. The first-order valence-electron chi connectivity index (χ1n) is 8.56. The lowest BCUT2D eigenvalue weighted by molar-refractivity contribution is -0.132. The van der Waals surface area contributed by atoms with Crippen LogP contribution in [0.2, 0.25) is 0 Å². The topological polar surface area (TPSA) is 54.3 Å². The highest BCUT2D eigenvalue weighted by Crippen LogP contribution is 2.24. The van der Waals surface area contributed by atoms with Gasteiger partial charge in [0.1, 0.15) is 17.2 Å². The van der Waals surface area contributed by atoms with Crippen molar-refractivity contribution < 1.29 is 4.79 Å². The second kappa shape index (κ2) is 7.08. The quantitative estimate of drug-likeness (QED) is 0.786. The van der Waals surface area contributed by atoms with Crippen molar-refractivity contribution in [1.82, 2.24) is 24.8 Å². The SMILES string of the molecule is CCN(CC)CCC(N1CCCC1=O)n1nc2ccccc2n1. The Morgan fingerprint density at radius 3 is 2.35 bits per heavy atom. The fraction of sp³-hybridized carbons (Fsp3) is 0.588. The number of hydrogen-bond donors (Lipinski definition) is 0. The van der Waals surface area contributed by atoms with Crippen molar-refractivity contribution in [1.29, 1.82) is 0 Å². The van der Waals surface area contributed by atoms with Crippen molar-refractivity contribution in [3.05, 3.63) is 24.3 Å². The predicted molar refractivity (Wildman–Crippen MR) is 89.9 cm³/mol. The van der Waals surface area contributed by atoms with E-state index in [9.17, 15) is 4.79 Å². The summed E-state index contributed by atoms with van der Waals surface area (Å²) < 4.78 is 0. The van der Waals surface area contributed by atoms with Crippen molar-refractivity contribution in [2.45, 2.75) is 39.3 Å². The smallest absolute Gasteiger partial charge is 0.224 e. The number of carbonyl (C=O) groups is 1. The van der Waals surface area contributed by atoms with Crippen molar-refractivity contribution in [2.24, 2.45) is 0 Å². The molecule has 2 aromatic rings. The zero-order chi connectivity index (χ0) is 16.2. The van der Waals surface area contributed by atoms with E-state index in [1.807, 2.05) is 29.2 Å². The Morgan fingerprint density at radius 2 is 1.83 bits per heavy atom. The summed E-state index contributed by atoms with van der Waals surface area (Å²) in [6.45, 7) is 8.12. The van der Waals surface area contributed by atoms with Gasteiger partial charge in [-0.05, 0) is 31.6 Å². The standard InChI is InChI=1S/C17H25N5O/c1-3-20(4-2)13-11-16(21-12-7-10-17(21)23)22-18-14-8-5-6-9-15(14)19-22/h5-6,8-9,16H,3-4,7,10-13H2,1-2H3. The molecule has 124 valence electrons. The number of amides is 1. The number of aromatic nitrogens is 3. The third-order valence-electron chi connectivity index (χ3n) is 4.64. The number of benzene rings is 1. The Bertz CT molecular complexity index is 631. The van der Waals surface area contributed by atoms with Crippen LogP contribution in [0, 0.1) is 0 Å². The van der Waals surface area contributed by atoms with Crippen LogP contribution < -0.4 is 0 Å². The van der Waals surface area contributed by atoms with Gasteiger partial charge in [0.2, 0.25) is 5.91 Å². The minimum atomic E-state index is -0.0852. The summed E-state index contributed by atoms with van der Waals surface area (Å²) in [7, 11) is 0. The molecule has 0 N–H and O–H groups in total. The maximum atomic E-state index is 12.2. The summed E-state index contributed by atoms with van der Waals surface area (Å²) in [6, 6.07) is 7.86. The van der Waals surface area contributed by atoms with Crippen LogP contribution in [0.25, 0.3) is 11.0 Å². The fourth-order valence-corrected chi connectivity index (χ4v) is 3.23. The Labute approximate surface area is 137 Å². The van der Waals surface area contributed by atoms with Gasteiger partial charge in [0.25, 0.3) is 0 Å². The van der Waals surface area contributed by atoms with Crippen molar-refractivity contribution in [3.63, 3.8) is 0 Å². The first-order valence-corrected chi connectivity index (χ1v) is 8.56. The highest BCUT2D eigenvalue weighted by atomic mass is 16.2. The van der Waals surface area contributed by atoms with Crippen molar-refractivity contribution in [2.75, 3.05) is 26.2 Å². The summed E-state index contributed by atoms with van der Waals surface area (Å²) in [4.78, 5) is 18.3. The highest BCUT2D eigenvalue weighted by Gasteiger charge is 2.30. The number of likely N-dealkylation sites (tertiary alicyclic amines) is 1. The molecule has 1 aliphatic heterocycles. The van der Waals surface area contributed by atoms with Crippen LogP contribution >= 0.6 is 0 Å². The largest absolute Gasteiger partial charge is 0.319 e. The lowest BCUT2D eigenvalue weighted by atomic mass is 10.3. The maximum absolute atomic E-state index is 12.2. The van der Waals surface area contributed by atoms with Gasteiger partial charge in [0.05, 0.1) is 0 Å². The molecule has 0 spiro atoms. The van der Waals surface area contributed by atoms with Crippen LogP contribution in [-0.2, 0) is 4.79 Å². The van der Waals surface area contributed by atoms with Crippen LogP contribution in [0.15, 0.2) is 24.3 Å². The Balaban J connectivity index is 1.85. The number of nitrogens with zero attached hydrogens (tertiary/aromatic N) is 5. The van der Waals surface area contributed by atoms with Gasteiger partial charge in [-0.15, -0.1) is 0 Å². The summed E-state index contributed by atoms with van der Waals surface area (Å²) >= 11 is 0. The van der Waals surface area contributed by atoms with Crippen LogP contribution in [0.5, 0.6) is 0 Å². The molecule has 1 aromatic carbocycles. The first kappa shape index (κ1) is 15.9. The summed E-state index contributed by atoms with van der Waals surface area (Å²) in [5.41, 5.74) is 1.76.